The van der Waals surface area contributed by atoms with Crippen molar-refractivity contribution in [3.05, 3.63) is 22.8 Å². The van der Waals surface area contributed by atoms with Gasteiger partial charge in [0.2, 0.25) is 0 Å². The summed E-state index contributed by atoms with van der Waals surface area (Å²) in [6.45, 7) is 1.78. The third-order valence-electron chi connectivity index (χ3n) is 2.10. The summed E-state index contributed by atoms with van der Waals surface area (Å²) in [5.74, 6) is 0.0368. The van der Waals surface area contributed by atoms with Crippen LogP contribution in [-0.2, 0) is 4.79 Å². The number of rotatable bonds is 2. The van der Waals surface area contributed by atoms with Crippen molar-refractivity contribution in [1.29, 1.82) is 0 Å². The van der Waals surface area contributed by atoms with Gasteiger partial charge in [0.1, 0.15) is 0 Å². The van der Waals surface area contributed by atoms with Crippen LogP contribution in [0.3, 0.4) is 0 Å². The van der Waals surface area contributed by atoms with Gasteiger partial charge in [0, 0.05) is 17.5 Å². The molecule has 3 heteroatoms. The quantitative estimate of drug-likeness (QED) is 0.714. The summed E-state index contributed by atoms with van der Waals surface area (Å²) in [4.78, 5) is 11.2. The van der Waals surface area contributed by atoms with Crippen LogP contribution < -0.4 is 0 Å². The van der Waals surface area contributed by atoms with Crippen molar-refractivity contribution in [2.24, 2.45) is 0 Å². The van der Waals surface area contributed by atoms with E-state index < -0.39 is 6.10 Å². The number of carbonyl (C=O) groups is 1. The lowest BCUT2D eigenvalue weighted by Crippen LogP contribution is -2.03. The molecule has 12 heavy (non-hydrogen) atoms. The summed E-state index contributed by atoms with van der Waals surface area (Å²) in [6, 6.07) is 0. The zero-order valence-electron chi connectivity index (χ0n) is 6.88. The van der Waals surface area contributed by atoms with Crippen LogP contribution in [0.25, 0.3) is 0 Å². The van der Waals surface area contributed by atoms with Crippen LogP contribution in [0.5, 0.6) is 0 Å². The van der Waals surface area contributed by atoms with Crippen LogP contribution in [0.4, 0.5) is 0 Å². The van der Waals surface area contributed by atoms with Crippen molar-refractivity contribution < 1.29 is 9.90 Å². The highest BCUT2D eigenvalue weighted by molar-refractivity contribution is 6.25. The molecule has 1 N–H and O–H groups in total. The Hall–Kier alpha value is -0.600. The van der Waals surface area contributed by atoms with E-state index >= 15 is 0 Å². The van der Waals surface area contributed by atoms with Crippen LogP contribution in [0.2, 0.25) is 0 Å². The standard InChI is InChI=1S/C9H11ClO2/c1-6-7(3-2-4-10)9(12)5-8(6)11/h2,4,8,11H,3,5H2,1H3/b4-2-. The molecule has 0 aromatic rings. The number of carbonyl (C=O) groups excluding carboxylic acids is 1. The lowest BCUT2D eigenvalue weighted by molar-refractivity contribution is -0.115. The molecule has 0 heterocycles. The number of ketones is 1. The first-order valence-electron chi connectivity index (χ1n) is 3.83. The van der Waals surface area contributed by atoms with E-state index in [1.807, 2.05) is 0 Å². The second kappa shape index (κ2) is 3.87. The number of halogens is 1. The lowest BCUT2D eigenvalue weighted by Gasteiger charge is -1.99. The third kappa shape index (κ3) is 1.76. The topological polar surface area (TPSA) is 37.3 Å². The molecule has 0 aliphatic heterocycles. The zero-order valence-corrected chi connectivity index (χ0v) is 7.64. The number of aliphatic hydroxyl groups excluding tert-OH is 1. The fraction of sp³-hybridized carbons (Fsp3) is 0.444. The fourth-order valence-corrected chi connectivity index (χ4v) is 1.40. The minimum Gasteiger partial charge on any atom is -0.388 e. The first kappa shape index (κ1) is 9.49. The first-order valence-corrected chi connectivity index (χ1v) is 4.26. The number of aliphatic hydroxyl groups is 1. The molecule has 1 aliphatic carbocycles. The molecule has 1 aliphatic rings. The van der Waals surface area contributed by atoms with E-state index in [1.165, 1.54) is 5.54 Å². The Labute approximate surface area is 76.5 Å². The summed E-state index contributed by atoms with van der Waals surface area (Å²) in [5.41, 5.74) is 2.88. The van der Waals surface area contributed by atoms with Gasteiger partial charge < -0.3 is 5.11 Å². The summed E-state index contributed by atoms with van der Waals surface area (Å²) in [6.07, 6.45) is 1.90. The molecule has 1 atom stereocenters. The summed E-state index contributed by atoms with van der Waals surface area (Å²) >= 11 is 5.33. The molecule has 66 valence electrons. The minimum atomic E-state index is -0.573. The smallest absolute Gasteiger partial charge is 0.162 e. The van der Waals surface area contributed by atoms with Gasteiger partial charge in [-0.3, -0.25) is 4.79 Å². The van der Waals surface area contributed by atoms with Crippen LogP contribution in [0.15, 0.2) is 22.8 Å². The second-order valence-electron chi connectivity index (χ2n) is 2.87. The molecule has 0 saturated carbocycles. The SMILES string of the molecule is CC1=C(C/C=C\Cl)C(=O)CC1O. The molecule has 1 rings (SSSR count). The molecular formula is C9H11ClO2. The molecule has 0 fully saturated rings. The number of Topliss-reactive ketones (excluding diaryl/α,β-unsaturated/α-hetero) is 1. The maximum atomic E-state index is 11.2. The van der Waals surface area contributed by atoms with E-state index in [1.54, 1.807) is 13.0 Å². The van der Waals surface area contributed by atoms with Crippen LogP contribution in [0.1, 0.15) is 19.8 Å². The van der Waals surface area contributed by atoms with E-state index in [2.05, 4.69) is 0 Å². The van der Waals surface area contributed by atoms with Gasteiger partial charge in [0.15, 0.2) is 5.78 Å². The molecule has 2 nitrogen and oxygen atoms in total. The highest BCUT2D eigenvalue weighted by Crippen LogP contribution is 2.25. The van der Waals surface area contributed by atoms with Crippen molar-refractivity contribution in [3.8, 4) is 0 Å². The highest BCUT2D eigenvalue weighted by Gasteiger charge is 2.26. The van der Waals surface area contributed by atoms with Gasteiger partial charge in [-0.15, -0.1) is 0 Å². The molecule has 0 amide bonds. The van der Waals surface area contributed by atoms with E-state index in [9.17, 15) is 9.90 Å². The van der Waals surface area contributed by atoms with E-state index in [0.717, 1.165) is 5.57 Å². The zero-order chi connectivity index (χ0) is 9.14. The van der Waals surface area contributed by atoms with Gasteiger partial charge in [-0.25, -0.2) is 0 Å². The minimum absolute atomic E-state index is 0.0368. The maximum Gasteiger partial charge on any atom is 0.162 e. The Morgan fingerprint density at radius 1 is 1.75 bits per heavy atom. The summed E-state index contributed by atoms with van der Waals surface area (Å²) < 4.78 is 0. The van der Waals surface area contributed by atoms with Gasteiger partial charge in [-0.2, -0.15) is 0 Å². The predicted molar refractivity (Wildman–Crippen MR) is 47.9 cm³/mol. The van der Waals surface area contributed by atoms with E-state index in [-0.39, 0.29) is 12.2 Å². The molecule has 0 saturated heterocycles. The van der Waals surface area contributed by atoms with Crippen molar-refractivity contribution in [2.45, 2.75) is 25.9 Å². The Balaban J connectivity index is 2.78. The van der Waals surface area contributed by atoms with Crippen LogP contribution in [-0.4, -0.2) is 17.0 Å². The third-order valence-corrected chi connectivity index (χ3v) is 2.28. The average molecular weight is 187 g/mol. The first-order chi connectivity index (χ1) is 5.66. The van der Waals surface area contributed by atoms with Gasteiger partial charge in [0.05, 0.1) is 6.10 Å². The molecule has 1 unspecified atom stereocenters. The maximum absolute atomic E-state index is 11.2. The summed E-state index contributed by atoms with van der Waals surface area (Å²) in [5, 5.41) is 9.30. The Bertz CT molecular complexity index is 253. The summed E-state index contributed by atoms with van der Waals surface area (Å²) in [7, 11) is 0. The van der Waals surface area contributed by atoms with Gasteiger partial charge >= 0.3 is 0 Å². The second-order valence-corrected chi connectivity index (χ2v) is 3.12. The Kier molecular flexibility index (Phi) is 3.06. The van der Waals surface area contributed by atoms with Gasteiger partial charge in [-0.1, -0.05) is 17.7 Å². The Morgan fingerprint density at radius 2 is 2.42 bits per heavy atom. The largest absolute Gasteiger partial charge is 0.388 e. The van der Waals surface area contributed by atoms with Crippen molar-refractivity contribution in [3.63, 3.8) is 0 Å². The van der Waals surface area contributed by atoms with Crippen LogP contribution in [0, 0.1) is 0 Å². The predicted octanol–water partition coefficient (Wildman–Crippen LogP) is 1.78. The molecule has 0 aromatic carbocycles. The highest BCUT2D eigenvalue weighted by atomic mass is 35.5. The number of hydrogen-bond donors (Lipinski definition) is 1. The lowest BCUT2D eigenvalue weighted by atomic mass is 10.1. The molecule has 0 bridgehead atoms. The molecular weight excluding hydrogens is 176 g/mol. The van der Waals surface area contributed by atoms with E-state index in [4.69, 9.17) is 11.6 Å². The van der Waals surface area contributed by atoms with Crippen molar-refractivity contribution >= 4 is 17.4 Å². The van der Waals surface area contributed by atoms with Crippen molar-refractivity contribution in [2.75, 3.05) is 0 Å². The monoisotopic (exact) mass is 186 g/mol. The van der Waals surface area contributed by atoms with Gasteiger partial charge in [0.25, 0.3) is 0 Å². The fourth-order valence-electron chi connectivity index (χ4n) is 1.31. The van der Waals surface area contributed by atoms with Gasteiger partial charge in [-0.05, 0) is 18.9 Å². The normalized spacial score (nSPS) is 24.6. The number of allylic oxidation sites excluding steroid dienone is 2. The molecule has 0 radical (unpaired) electrons. The Morgan fingerprint density at radius 3 is 2.83 bits per heavy atom. The van der Waals surface area contributed by atoms with Crippen LogP contribution >= 0.6 is 11.6 Å². The van der Waals surface area contributed by atoms with E-state index in [0.29, 0.717) is 12.0 Å². The average Bonchev–Trinajstić information content (AvgIpc) is 2.25. The molecule has 0 spiro atoms. The molecule has 0 aromatic heterocycles. The number of hydrogen-bond acceptors (Lipinski definition) is 2. The van der Waals surface area contributed by atoms with Crippen molar-refractivity contribution in [1.82, 2.24) is 0 Å².